The van der Waals surface area contributed by atoms with E-state index in [0.29, 0.717) is 19.6 Å². The predicted molar refractivity (Wildman–Crippen MR) is 47.3 cm³/mol. The average Bonchev–Trinajstić information content (AvgIpc) is 2.08. The van der Waals surface area contributed by atoms with Crippen LogP contribution in [0.3, 0.4) is 0 Å². The third-order valence-corrected chi connectivity index (χ3v) is 2.59. The lowest BCUT2D eigenvalue weighted by atomic mass is 10.1. The molecule has 1 rings (SSSR count). The van der Waals surface area contributed by atoms with Crippen LogP contribution in [0.15, 0.2) is 0 Å². The summed E-state index contributed by atoms with van der Waals surface area (Å²) >= 11 is 5.40. The van der Waals surface area contributed by atoms with Gasteiger partial charge in [-0.1, -0.05) is 0 Å². The molecule has 1 heterocycles. The second-order valence-corrected chi connectivity index (χ2v) is 3.77. The van der Waals surface area contributed by atoms with Gasteiger partial charge in [-0.15, -0.1) is 11.6 Å². The first-order valence-corrected chi connectivity index (χ1v) is 4.91. The molecule has 0 amide bonds. The summed E-state index contributed by atoms with van der Waals surface area (Å²) in [7, 11) is 0. The molecule has 13 heavy (non-hydrogen) atoms. The number of halogens is 3. The molecule has 0 aromatic carbocycles. The van der Waals surface area contributed by atoms with Crippen molar-refractivity contribution < 1.29 is 13.9 Å². The molecule has 1 N–H and O–H groups in total. The Morgan fingerprint density at radius 3 is 2.38 bits per heavy atom. The Kier molecular flexibility index (Phi) is 3.88. The van der Waals surface area contributed by atoms with Gasteiger partial charge in [-0.05, 0) is 0 Å². The Morgan fingerprint density at radius 1 is 1.38 bits per heavy atom. The number of alkyl halides is 3. The van der Waals surface area contributed by atoms with Crippen LogP contribution >= 0.6 is 11.6 Å². The molecule has 0 aromatic heterocycles. The van der Waals surface area contributed by atoms with Crippen molar-refractivity contribution in [2.45, 2.75) is 24.9 Å². The van der Waals surface area contributed by atoms with Crippen molar-refractivity contribution >= 4 is 11.6 Å². The molecule has 0 aromatic rings. The molecule has 0 spiro atoms. The lowest BCUT2D eigenvalue weighted by Crippen LogP contribution is -2.43. The quantitative estimate of drug-likeness (QED) is 0.715. The van der Waals surface area contributed by atoms with Crippen LogP contribution in [0.25, 0.3) is 0 Å². The molecule has 1 saturated heterocycles. The summed E-state index contributed by atoms with van der Waals surface area (Å²) in [6.07, 6.45) is -0.822. The minimum Gasteiger partial charge on any atom is -0.391 e. The van der Waals surface area contributed by atoms with Gasteiger partial charge in [0.15, 0.2) is 0 Å². The number of nitrogens with zero attached hydrogens (tertiary/aromatic N) is 1. The normalized spacial score (nSPS) is 25.8. The third-order valence-electron chi connectivity index (χ3n) is 2.23. The molecular formula is C8H14ClF2NO. The summed E-state index contributed by atoms with van der Waals surface area (Å²) < 4.78 is 25.4. The largest absolute Gasteiger partial charge is 0.391 e. The maximum absolute atomic E-state index is 12.7. The van der Waals surface area contributed by atoms with Crippen LogP contribution in [0.4, 0.5) is 8.78 Å². The van der Waals surface area contributed by atoms with E-state index >= 15 is 0 Å². The van der Waals surface area contributed by atoms with E-state index in [1.807, 2.05) is 4.90 Å². The fraction of sp³-hybridized carbons (Fsp3) is 1.00. The van der Waals surface area contributed by atoms with E-state index in [1.54, 1.807) is 0 Å². The van der Waals surface area contributed by atoms with Gasteiger partial charge in [-0.3, -0.25) is 0 Å². The molecule has 78 valence electrons. The molecular weight excluding hydrogens is 200 g/mol. The number of β-amino-alcohol motifs (C(OH)–C–C–N with tert-alkyl or cyclic N) is 1. The molecule has 0 radical (unpaired) electrons. The highest BCUT2D eigenvalue weighted by Crippen LogP contribution is 2.27. The van der Waals surface area contributed by atoms with Gasteiger partial charge in [0.2, 0.25) is 0 Å². The van der Waals surface area contributed by atoms with Gasteiger partial charge >= 0.3 is 0 Å². The van der Waals surface area contributed by atoms with E-state index in [2.05, 4.69) is 0 Å². The van der Waals surface area contributed by atoms with Gasteiger partial charge < -0.3 is 10.0 Å². The van der Waals surface area contributed by atoms with Crippen LogP contribution in [-0.2, 0) is 0 Å². The lowest BCUT2D eigenvalue weighted by Gasteiger charge is -2.32. The molecule has 1 aliphatic heterocycles. The maximum atomic E-state index is 12.7. The summed E-state index contributed by atoms with van der Waals surface area (Å²) in [6, 6.07) is 0. The number of hydrogen-bond donors (Lipinski definition) is 1. The number of likely N-dealkylation sites (tertiary alicyclic amines) is 1. The van der Waals surface area contributed by atoms with Crippen molar-refractivity contribution in [2.75, 3.05) is 25.5 Å². The molecule has 0 aliphatic carbocycles. The van der Waals surface area contributed by atoms with E-state index in [-0.39, 0.29) is 18.7 Å². The van der Waals surface area contributed by atoms with Crippen LogP contribution < -0.4 is 0 Å². The van der Waals surface area contributed by atoms with Gasteiger partial charge in [0.1, 0.15) is 0 Å². The molecule has 5 heteroatoms. The Bertz CT molecular complexity index is 158. The Labute approximate surface area is 81.5 Å². The van der Waals surface area contributed by atoms with E-state index in [0.717, 1.165) is 0 Å². The molecule has 1 atom stereocenters. The number of rotatable bonds is 3. The van der Waals surface area contributed by atoms with E-state index in [9.17, 15) is 13.9 Å². The van der Waals surface area contributed by atoms with Gasteiger partial charge in [0.25, 0.3) is 5.92 Å². The third kappa shape index (κ3) is 3.75. The minimum absolute atomic E-state index is 0.109. The standard InChI is InChI=1S/C8H14ClF2NO/c9-5-7(13)6-12-3-1-8(10,11)2-4-12/h7,13H,1-6H2. The van der Waals surface area contributed by atoms with Gasteiger partial charge in [0.05, 0.1) is 6.10 Å². The second-order valence-electron chi connectivity index (χ2n) is 3.46. The van der Waals surface area contributed by atoms with Crippen LogP contribution in [0.2, 0.25) is 0 Å². The highest BCUT2D eigenvalue weighted by molar-refractivity contribution is 6.18. The highest BCUT2D eigenvalue weighted by atomic mass is 35.5. The van der Waals surface area contributed by atoms with Gasteiger partial charge in [-0.25, -0.2) is 8.78 Å². The first kappa shape index (κ1) is 11.1. The number of aliphatic hydroxyl groups excluding tert-OH is 1. The van der Waals surface area contributed by atoms with E-state index in [1.165, 1.54) is 0 Å². The lowest BCUT2D eigenvalue weighted by molar-refractivity contribution is -0.0601. The zero-order valence-corrected chi connectivity index (χ0v) is 8.10. The van der Waals surface area contributed by atoms with Crippen LogP contribution in [0, 0.1) is 0 Å². The van der Waals surface area contributed by atoms with Crippen molar-refractivity contribution in [3.63, 3.8) is 0 Å². The second kappa shape index (κ2) is 4.53. The summed E-state index contributed by atoms with van der Waals surface area (Å²) in [5, 5.41) is 9.18. The topological polar surface area (TPSA) is 23.5 Å². The molecule has 0 saturated carbocycles. The van der Waals surface area contributed by atoms with Crippen LogP contribution in [0.1, 0.15) is 12.8 Å². The number of hydrogen-bond acceptors (Lipinski definition) is 2. The van der Waals surface area contributed by atoms with Crippen molar-refractivity contribution in [1.29, 1.82) is 0 Å². The Morgan fingerprint density at radius 2 is 1.92 bits per heavy atom. The number of aliphatic hydroxyl groups is 1. The summed E-state index contributed by atoms with van der Waals surface area (Å²) in [4.78, 5) is 1.82. The first-order valence-electron chi connectivity index (χ1n) is 4.38. The van der Waals surface area contributed by atoms with Crippen molar-refractivity contribution in [2.24, 2.45) is 0 Å². The molecule has 2 nitrogen and oxygen atoms in total. The maximum Gasteiger partial charge on any atom is 0.250 e. The summed E-state index contributed by atoms with van der Waals surface area (Å²) in [5.41, 5.74) is 0. The van der Waals surface area contributed by atoms with Gasteiger partial charge in [0, 0.05) is 38.4 Å². The van der Waals surface area contributed by atoms with Crippen molar-refractivity contribution in [3.05, 3.63) is 0 Å². The monoisotopic (exact) mass is 213 g/mol. The van der Waals surface area contributed by atoms with Crippen LogP contribution in [-0.4, -0.2) is 47.5 Å². The predicted octanol–water partition coefficient (Wildman–Crippen LogP) is 1.32. The molecule has 1 unspecified atom stereocenters. The fourth-order valence-corrected chi connectivity index (χ4v) is 1.51. The SMILES string of the molecule is OC(CCl)CN1CCC(F)(F)CC1. The van der Waals surface area contributed by atoms with Crippen molar-refractivity contribution in [3.8, 4) is 0 Å². The number of piperidine rings is 1. The highest BCUT2D eigenvalue weighted by Gasteiger charge is 2.34. The molecule has 0 bridgehead atoms. The summed E-state index contributed by atoms with van der Waals surface area (Å²) in [5.74, 6) is -2.35. The smallest absolute Gasteiger partial charge is 0.250 e. The average molecular weight is 214 g/mol. The zero-order valence-electron chi connectivity index (χ0n) is 7.35. The van der Waals surface area contributed by atoms with E-state index < -0.39 is 12.0 Å². The Balaban J connectivity index is 2.25. The summed E-state index contributed by atoms with van der Waals surface area (Å²) in [6.45, 7) is 1.10. The minimum atomic E-state index is -2.51. The van der Waals surface area contributed by atoms with E-state index in [4.69, 9.17) is 11.6 Å². The molecule has 1 fully saturated rings. The Hall–Kier alpha value is 0.0700. The first-order chi connectivity index (χ1) is 6.03. The fourth-order valence-electron chi connectivity index (χ4n) is 1.41. The van der Waals surface area contributed by atoms with Crippen LogP contribution in [0.5, 0.6) is 0 Å². The van der Waals surface area contributed by atoms with Gasteiger partial charge in [-0.2, -0.15) is 0 Å². The van der Waals surface area contributed by atoms with Crippen molar-refractivity contribution in [1.82, 2.24) is 4.90 Å². The zero-order chi connectivity index (χ0) is 9.90. The molecule has 1 aliphatic rings.